The minimum absolute atomic E-state index is 0.0353. The van der Waals surface area contributed by atoms with Crippen molar-refractivity contribution in [2.75, 3.05) is 13.1 Å². The summed E-state index contributed by atoms with van der Waals surface area (Å²) in [5, 5.41) is 10.1. The SMILES string of the molecule is O=C(O)[C@H]1CCCN(C(=O)C2(c3ccc(Cl)c(Cl)c3)CCC2)C1. The highest BCUT2D eigenvalue weighted by molar-refractivity contribution is 6.42. The lowest BCUT2D eigenvalue weighted by atomic mass is 9.63. The Balaban J connectivity index is 1.86. The van der Waals surface area contributed by atoms with Gasteiger partial charge in [-0.1, -0.05) is 35.7 Å². The van der Waals surface area contributed by atoms with E-state index in [0.29, 0.717) is 29.6 Å². The first-order valence-corrected chi connectivity index (χ1v) is 8.67. The molecular formula is C17H19Cl2NO3. The van der Waals surface area contributed by atoms with Crippen LogP contribution in [0.2, 0.25) is 10.0 Å². The summed E-state index contributed by atoms with van der Waals surface area (Å²) in [7, 11) is 0. The molecule has 1 heterocycles. The average Bonchev–Trinajstić information content (AvgIpc) is 2.49. The van der Waals surface area contributed by atoms with Crippen molar-refractivity contribution in [2.24, 2.45) is 5.92 Å². The molecule has 1 N–H and O–H groups in total. The lowest BCUT2D eigenvalue weighted by Gasteiger charge is -2.45. The van der Waals surface area contributed by atoms with E-state index in [9.17, 15) is 14.7 Å². The first kappa shape index (κ1) is 16.6. The van der Waals surface area contributed by atoms with Gasteiger partial charge >= 0.3 is 5.97 Å². The Labute approximate surface area is 145 Å². The summed E-state index contributed by atoms with van der Waals surface area (Å²) >= 11 is 12.1. The Morgan fingerprint density at radius 1 is 1.17 bits per heavy atom. The zero-order chi connectivity index (χ0) is 16.6. The van der Waals surface area contributed by atoms with Gasteiger partial charge < -0.3 is 10.0 Å². The van der Waals surface area contributed by atoms with Gasteiger partial charge in [0.25, 0.3) is 0 Å². The highest BCUT2D eigenvalue weighted by atomic mass is 35.5. The van der Waals surface area contributed by atoms with Crippen LogP contribution in [0.1, 0.15) is 37.7 Å². The van der Waals surface area contributed by atoms with Crippen LogP contribution < -0.4 is 0 Å². The largest absolute Gasteiger partial charge is 0.481 e. The number of carboxylic acids is 1. The van der Waals surface area contributed by atoms with E-state index in [-0.39, 0.29) is 5.91 Å². The quantitative estimate of drug-likeness (QED) is 0.898. The van der Waals surface area contributed by atoms with Crippen LogP contribution in [0.4, 0.5) is 0 Å². The zero-order valence-corrected chi connectivity index (χ0v) is 14.2. The number of nitrogens with zero attached hydrogens (tertiary/aromatic N) is 1. The summed E-state index contributed by atoms with van der Waals surface area (Å²) in [6.07, 6.45) is 3.91. The second kappa shape index (κ2) is 6.33. The second-order valence-electron chi connectivity index (χ2n) is 6.49. The van der Waals surface area contributed by atoms with Gasteiger partial charge in [-0.3, -0.25) is 9.59 Å². The Morgan fingerprint density at radius 3 is 2.48 bits per heavy atom. The molecule has 2 aliphatic rings. The van der Waals surface area contributed by atoms with E-state index in [2.05, 4.69) is 0 Å². The van der Waals surface area contributed by atoms with Gasteiger partial charge in [-0.15, -0.1) is 0 Å². The van der Waals surface area contributed by atoms with Gasteiger partial charge in [-0.2, -0.15) is 0 Å². The van der Waals surface area contributed by atoms with E-state index in [4.69, 9.17) is 23.2 Å². The van der Waals surface area contributed by atoms with Crippen molar-refractivity contribution in [3.8, 4) is 0 Å². The normalized spacial score (nSPS) is 23.2. The number of carbonyl (C=O) groups is 2. The number of piperidine rings is 1. The third kappa shape index (κ3) is 2.94. The summed E-state index contributed by atoms with van der Waals surface area (Å²) in [6, 6.07) is 5.37. The molecule has 0 spiro atoms. The van der Waals surface area contributed by atoms with E-state index in [0.717, 1.165) is 31.2 Å². The first-order valence-electron chi connectivity index (χ1n) is 7.92. The molecular weight excluding hydrogens is 337 g/mol. The summed E-state index contributed by atoms with van der Waals surface area (Å²) in [4.78, 5) is 26.1. The van der Waals surface area contributed by atoms with Crippen LogP contribution in [0.5, 0.6) is 0 Å². The van der Waals surface area contributed by atoms with Crippen LogP contribution in [-0.4, -0.2) is 35.0 Å². The molecule has 0 aromatic heterocycles. The van der Waals surface area contributed by atoms with Crippen molar-refractivity contribution in [3.63, 3.8) is 0 Å². The molecule has 1 saturated carbocycles. The number of aliphatic carboxylic acids is 1. The summed E-state index contributed by atoms with van der Waals surface area (Å²) < 4.78 is 0. The van der Waals surface area contributed by atoms with Gasteiger partial charge in [0.1, 0.15) is 0 Å². The number of halogens is 2. The van der Waals surface area contributed by atoms with Gasteiger partial charge in [0.05, 0.1) is 21.4 Å². The molecule has 4 nitrogen and oxygen atoms in total. The fourth-order valence-electron chi connectivity index (χ4n) is 3.62. The van der Waals surface area contributed by atoms with Crippen LogP contribution in [0, 0.1) is 5.92 Å². The number of carbonyl (C=O) groups excluding carboxylic acids is 1. The summed E-state index contributed by atoms with van der Waals surface area (Å²) in [5.74, 6) is -1.24. The molecule has 1 saturated heterocycles. The van der Waals surface area contributed by atoms with Gasteiger partial charge in [0.2, 0.25) is 5.91 Å². The Bertz CT molecular complexity index is 643. The highest BCUT2D eigenvalue weighted by Crippen LogP contribution is 2.46. The van der Waals surface area contributed by atoms with Crippen LogP contribution in [0.25, 0.3) is 0 Å². The van der Waals surface area contributed by atoms with Gasteiger partial charge in [0, 0.05) is 13.1 Å². The molecule has 1 aromatic rings. The van der Waals surface area contributed by atoms with E-state index < -0.39 is 17.3 Å². The lowest BCUT2D eigenvalue weighted by molar-refractivity contribution is -0.149. The van der Waals surface area contributed by atoms with Crippen LogP contribution in [0.3, 0.4) is 0 Å². The number of hydrogen-bond acceptors (Lipinski definition) is 2. The maximum Gasteiger partial charge on any atom is 0.308 e. The molecule has 0 radical (unpaired) electrons. The molecule has 3 rings (SSSR count). The molecule has 0 unspecified atom stereocenters. The first-order chi connectivity index (χ1) is 10.9. The minimum Gasteiger partial charge on any atom is -0.481 e. The van der Waals surface area contributed by atoms with Gasteiger partial charge in [-0.25, -0.2) is 0 Å². The minimum atomic E-state index is -0.820. The average molecular weight is 356 g/mol. The molecule has 124 valence electrons. The van der Waals surface area contributed by atoms with E-state index in [1.807, 2.05) is 6.07 Å². The number of carboxylic acid groups (broad SMARTS) is 1. The monoisotopic (exact) mass is 355 g/mol. The predicted molar refractivity (Wildman–Crippen MR) is 88.9 cm³/mol. The van der Waals surface area contributed by atoms with Gasteiger partial charge in [0.15, 0.2) is 0 Å². The molecule has 0 bridgehead atoms. The van der Waals surface area contributed by atoms with Crippen molar-refractivity contribution in [2.45, 2.75) is 37.5 Å². The van der Waals surface area contributed by atoms with E-state index in [1.165, 1.54) is 0 Å². The number of benzene rings is 1. The fourth-order valence-corrected chi connectivity index (χ4v) is 3.91. The molecule has 1 aromatic carbocycles. The maximum atomic E-state index is 13.1. The highest BCUT2D eigenvalue weighted by Gasteiger charge is 2.48. The number of rotatable bonds is 3. The number of amides is 1. The Morgan fingerprint density at radius 2 is 1.91 bits per heavy atom. The topological polar surface area (TPSA) is 57.6 Å². The molecule has 1 atom stereocenters. The standard InChI is InChI=1S/C17H19Cl2NO3/c18-13-5-4-12(9-14(13)19)17(6-2-7-17)16(23)20-8-1-3-11(10-20)15(21)22/h4-5,9,11H,1-3,6-8,10H2,(H,21,22)/t11-/m0/s1. The summed E-state index contributed by atoms with van der Waals surface area (Å²) in [6.45, 7) is 0.933. The number of hydrogen-bond donors (Lipinski definition) is 1. The smallest absolute Gasteiger partial charge is 0.308 e. The molecule has 23 heavy (non-hydrogen) atoms. The molecule has 1 aliphatic heterocycles. The van der Waals surface area contributed by atoms with Gasteiger partial charge in [-0.05, 0) is 43.4 Å². The van der Waals surface area contributed by atoms with E-state index >= 15 is 0 Å². The molecule has 1 amide bonds. The van der Waals surface area contributed by atoms with Crippen molar-refractivity contribution < 1.29 is 14.7 Å². The van der Waals surface area contributed by atoms with E-state index in [1.54, 1.807) is 17.0 Å². The zero-order valence-electron chi connectivity index (χ0n) is 12.7. The molecule has 2 fully saturated rings. The van der Waals surface area contributed by atoms with Crippen molar-refractivity contribution >= 4 is 35.1 Å². The third-order valence-electron chi connectivity index (χ3n) is 5.15. The van der Waals surface area contributed by atoms with Crippen LogP contribution in [-0.2, 0) is 15.0 Å². The Hall–Kier alpha value is -1.26. The summed E-state index contributed by atoms with van der Waals surface area (Å²) in [5.41, 5.74) is 0.329. The van der Waals surface area contributed by atoms with Crippen molar-refractivity contribution in [1.29, 1.82) is 0 Å². The Kier molecular flexibility index (Phi) is 4.56. The number of likely N-dealkylation sites (tertiary alicyclic amines) is 1. The van der Waals surface area contributed by atoms with Crippen LogP contribution in [0.15, 0.2) is 18.2 Å². The maximum absolute atomic E-state index is 13.1. The van der Waals surface area contributed by atoms with Crippen molar-refractivity contribution in [3.05, 3.63) is 33.8 Å². The molecule has 1 aliphatic carbocycles. The predicted octanol–water partition coefficient (Wildman–Crippen LogP) is 3.74. The second-order valence-corrected chi connectivity index (χ2v) is 7.31. The van der Waals surface area contributed by atoms with Crippen LogP contribution >= 0.6 is 23.2 Å². The fraction of sp³-hybridized carbons (Fsp3) is 0.529. The van der Waals surface area contributed by atoms with Crippen molar-refractivity contribution in [1.82, 2.24) is 4.90 Å². The molecule has 6 heteroatoms. The third-order valence-corrected chi connectivity index (χ3v) is 5.89. The lowest BCUT2D eigenvalue weighted by Crippen LogP contribution is -2.54.